The predicted octanol–water partition coefficient (Wildman–Crippen LogP) is 3.66. The van der Waals surface area contributed by atoms with Gasteiger partial charge in [-0.25, -0.2) is 26.9 Å². The summed E-state index contributed by atoms with van der Waals surface area (Å²) in [4.78, 5) is 16.2. The van der Waals surface area contributed by atoms with Gasteiger partial charge in [0.15, 0.2) is 11.6 Å². The van der Waals surface area contributed by atoms with Gasteiger partial charge in [0.05, 0.1) is 11.4 Å². The van der Waals surface area contributed by atoms with E-state index in [1.807, 2.05) is 12.1 Å². The van der Waals surface area contributed by atoms with Crippen molar-refractivity contribution < 1.29 is 22.0 Å². The summed E-state index contributed by atoms with van der Waals surface area (Å²) in [7, 11) is -4.14. The summed E-state index contributed by atoms with van der Waals surface area (Å²) in [5.74, 6) is -2.81. The van der Waals surface area contributed by atoms with Crippen LogP contribution in [0, 0.1) is 11.6 Å². The lowest BCUT2D eigenvalue weighted by atomic mass is 10.1. The van der Waals surface area contributed by atoms with Gasteiger partial charge in [0.2, 0.25) is 0 Å². The highest BCUT2D eigenvalue weighted by Gasteiger charge is 2.17. The summed E-state index contributed by atoms with van der Waals surface area (Å²) in [6.45, 7) is 0.418. The number of benzene rings is 3. The van der Waals surface area contributed by atoms with Gasteiger partial charge in [0, 0.05) is 16.9 Å². The molecule has 168 valence electrons. The number of nitrogens with one attached hydrogen (secondary N) is 2. The van der Waals surface area contributed by atoms with Crippen LogP contribution in [0.15, 0.2) is 84.3 Å². The summed E-state index contributed by atoms with van der Waals surface area (Å²) >= 11 is 0. The molecule has 0 unspecified atom stereocenters. The second-order valence-electron chi connectivity index (χ2n) is 6.96. The molecule has 1 aromatic heterocycles. The Bertz CT molecular complexity index is 1390. The SMILES string of the molecule is O=C(Nc1ccccc1Cn1cncn1)c1ccc(NS(=O)(=O)c2ccc(F)c(F)c2)cc1. The summed E-state index contributed by atoms with van der Waals surface area (Å²) in [5.41, 5.74) is 1.87. The van der Waals surface area contributed by atoms with Gasteiger partial charge in [-0.3, -0.25) is 9.52 Å². The molecule has 0 saturated carbocycles. The molecule has 1 heterocycles. The minimum Gasteiger partial charge on any atom is -0.322 e. The number of hydrogen-bond donors (Lipinski definition) is 2. The highest BCUT2D eigenvalue weighted by atomic mass is 32.2. The lowest BCUT2D eigenvalue weighted by Gasteiger charge is -2.12. The molecular weight excluding hydrogens is 452 g/mol. The van der Waals surface area contributed by atoms with Crippen LogP contribution < -0.4 is 10.0 Å². The number of rotatable bonds is 7. The maximum absolute atomic E-state index is 13.4. The highest BCUT2D eigenvalue weighted by Crippen LogP contribution is 2.20. The topological polar surface area (TPSA) is 106 Å². The van der Waals surface area contributed by atoms with E-state index in [2.05, 4.69) is 20.1 Å². The van der Waals surface area contributed by atoms with Crippen molar-refractivity contribution in [2.75, 3.05) is 10.0 Å². The molecule has 2 N–H and O–H groups in total. The van der Waals surface area contributed by atoms with E-state index >= 15 is 0 Å². The first-order chi connectivity index (χ1) is 15.8. The molecule has 33 heavy (non-hydrogen) atoms. The van der Waals surface area contributed by atoms with Gasteiger partial charge in [-0.05, 0) is 54.1 Å². The van der Waals surface area contributed by atoms with E-state index < -0.39 is 32.5 Å². The van der Waals surface area contributed by atoms with Crippen LogP contribution in [0.1, 0.15) is 15.9 Å². The third-order valence-electron chi connectivity index (χ3n) is 4.67. The number of aromatic nitrogens is 3. The zero-order chi connectivity index (χ0) is 23.4. The smallest absolute Gasteiger partial charge is 0.261 e. The number of sulfonamides is 1. The lowest BCUT2D eigenvalue weighted by Crippen LogP contribution is -2.15. The average Bonchev–Trinajstić information content (AvgIpc) is 3.30. The maximum atomic E-state index is 13.4. The van der Waals surface area contributed by atoms with Crippen LogP contribution in [0.25, 0.3) is 0 Å². The standard InChI is InChI=1S/C22H17F2N5O3S/c23-19-10-9-18(11-20(19)24)33(31,32)28-17-7-5-15(6-8-17)22(30)27-21-4-2-1-3-16(21)12-29-14-25-13-26-29/h1-11,13-14,28H,12H2,(H,27,30). The number of anilines is 2. The van der Waals surface area contributed by atoms with Crippen LogP contribution >= 0.6 is 0 Å². The zero-order valence-electron chi connectivity index (χ0n) is 16.9. The van der Waals surface area contributed by atoms with Crippen LogP contribution in [0.2, 0.25) is 0 Å². The van der Waals surface area contributed by atoms with Crippen molar-refractivity contribution in [3.05, 3.63) is 102 Å². The Morgan fingerprint density at radius 1 is 0.970 bits per heavy atom. The van der Waals surface area contributed by atoms with E-state index in [4.69, 9.17) is 0 Å². The fraction of sp³-hybridized carbons (Fsp3) is 0.0455. The van der Waals surface area contributed by atoms with Crippen molar-refractivity contribution in [3.63, 3.8) is 0 Å². The fourth-order valence-electron chi connectivity index (χ4n) is 3.01. The predicted molar refractivity (Wildman–Crippen MR) is 117 cm³/mol. The van der Waals surface area contributed by atoms with Crippen LogP contribution in [0.4, 0.5) is 20.2 Å². The quantitative estimate of drug-likeness (QED) is 0.430. The first-order valence-corrected chi connectivity index (χ1v) is 11.1. The normalized spacial score (nSPS) is 11.2. The van der Waals surface area contributed by atoms with Crippen molar-refractivity contribution in [3.8, 4) is 0 Å². The fourth-order valence-corrected chi connectivity index (χ4v) is 4.08. The second kappa shape index (κ2) is 9.17. The van der Waals surface area contributed by atoms with E-state index in [9.17, 15) is 22.0 Å². The van der Waals surface area contributed by atoms with E-state index in [-0.39, 0.29) is 5.69 Å². The van der Waals surface area contributed by atoms with Crippen LogP contribution in [0.3, 0.4) is 0 Å². The number of nitrogens with zero attached hydrogens (tertiary/aromatic N) is 3. The van der Waals surface area contributed by atoms with E-state index in [0.717, 1.165) is 17.7 Å². The minimum absolute atomic E-state index is 0.155. The molecule has 4 rings (SSSR count). The van der Waals surface area contributed by atoms with Gasteiger partial charge >= 0.3 is 0 Å². The van der Waals surface area contributed by atoms with Crippen LogP contribution in [-0.2, 0) is 16.6 Å². The summed E-state index contributed by atoms with van der Waals surface area (Å²) < 4.78 is 55.2. The molecule has 1 amide bonds. The van der Waals surface area contributed by atoms with Gasteiger partial charge in [0.25, 0.3) is 15.9 Å². The van der Waals surface area contributed by atoms with E-state index in [0.29, 0.717) is 23.9 Å². The zero-order valence-corrected chi connectivity index (χ0v) is 17.8. The largest absolute Gasteiger partial charge is 0.322 e. The summed E-state index contributed by atoms with van der Waals surface area (Å²) in [6, 6.07) is 15.2. The molecule has 0 bridgehead atoms. The van der Waals surface area contributed by atoms with Crippen LogP contribution in [0.5, 0.6) is 0 Å². The molecule has 0 atom stereocenters. The van der Waals surface area contributed by atoms with E-state index in [1.54, 1.807) is 23.1 Å². The first kappa shape index (κ1) is 22.1. The van der Waals surface area contributed by atoms with Crippen molar-refractivity contribution in [2.45, 2.75) is 11.4 Å². The molecular formula is C22H17F2N5O3S. The monoisotopic (exact) mass is 469 g/mol. The molecule has 0 aliphatic carbocycles. The van der Waals surface area contributed by atoms with Gasteiger partial charge in [0.1, 0.15) is 12.7 Å². The number of carbonyl (C=O) groups excluding carboxylic acids is 1. The van der Waals surface area contributed by atoms with Crippen molar-refractivity contribution in [1.29, 1.82) is 0 Å². The molecule has 0 spiro atoms. The van der Waals surface area contributed by atoms with E-state index in [1.165, 1.54) is 30.6 Å². The first-order valence-electron chi connectivity index (χ1n) is 9.61. The third-order valence-corrected chi connectivity index (χ3v) is 6.04. The molecule has 11 heteroatoms. The molecule has 8 nitrogen and oxygen atoms in total. The third kappa shape index (κ3) is 5.21. The summed E-state index contributed by atoms with van der Waals surface area (Å²) in [5, 5.41) is 6.89. The molecule has 3 aromatic carbocycles. The van der Waals surface area contributed by atoms with Crippen molar-refractivity contribution >= 4 is 27.3 Å². The Balaban J connectivity index is 1.46. The van der Waals surface area contributed by atoms with Crippen molar-refractivity contribution in [1.82, 2.24) is 14.8 Å². The second-order valence-corrected chi connectivity index (χ2v) is 8.65. The minimum atomic E-state index is -4.14. The maximum Gasteiger partial charge on any atom is 0.261 e. The Morgan fingerprint density at radius 2 is 1.73 bits per heavy atom. The number of hydrogen-bond acceptors (Lipinski definition) is 5. The Labute approximate surface area is 188 Å². The molecule has 4 aromatic rings. The Morgan fingerprint density at radius 3 is 2.42 bits per heavy atom. The van der Waals surface area contributed by atoms with Gasteiger partial charge in [-0.2, -0.15) is 5.10 Å². The highest BCUT2D eigenvalue weighted by molar-refractivity contribution is 7.92. The van der Waals surface area contributed by atoms with Crippen molar-refractivity contribution in [2.24, 2.45) is 0 Å². The van der Waals surface area contributed by atoms with Gasteiger partial charge in [-0.15, -0.1) is 0 Å². The van der Waals surface area contributed by atoms with Crippen LogP contribution in [-0.4, -0.2) is 29.1 Å². The average molecular weight is 469 g/mol. The summed E-state index contributed by atoms with van der Waals surface area (Å²) in [6.07, 6.45) is 2.99. The molecule has 0 fully saturated rings. The number of amides is 1. The number of halogens is 2. The Hall–Kier alpha value is -4.12. The molecule has 0 saturated heterocycles. The van der Waals surface area contributed by atoms with Gasteiger partial charge in [-0.1, -0.05) is 18.2 Å². The number of carbonyl (C=O) groups is 1. The molecule has 0 radical (unpaired) electrons. The lowest BCUT2D eigenvalue weighted by molar-refractivity contribution is 0.102. The number of para-hydroxylation sites is 1. The van der Waals surface area contributed by atoms with Gasteiger partial charge < -0.3 is 5.32 Å². The Kier molecular flexibility index (Phi) is 6.13. The molecule has 0 aliphatic heterocycles. The molecule has 0 aliphatic rings.